The Labute approximate surface area is 133 Å². The van der Waals surface area contributed by atoms with E-state index < -0.39 is 15.8 Å². The highest BCUT2D eigenvalue weighted by Crippen LogP contribution is 2.27. The SMILES string of the molecule is CCCN(CCC)S(=O)(=O)c1cc(Br)cc(CCl)c1F. The molecule has 0 aliphatic carbocycles. The van der Waals surface area contributed by atoms with Gasteiger partial charge in [0.25, 0.3) is 0 Å². The Balaban J connectivity index is 3.36. The first-order valence-electron chi connectivity index (χ1n) is 6.42. The van der Waals surface area contributed by atoms with Crippen LogP contribution in [0.3, 0.4) is 0 Å². The maximum absolute atomic E-state index is 14.3. The second-order valence-electron chi connectivity index (χ2n) is 4.41. The van der Waals surface area contributed by atoms with E-state index in [1.54, 1.807) is 0 Å². The standard InChI is InChI=1S/C13H18BrClFNO2S/c1-3-5-17(6-4-2)20(18,19)12-8-11(14)7-10(9-15)13(12)16/h7-8H,3-6,9H2,1-2H3. The van der Waals surface area contributed by atoms with Crippen LogP contribution in [-0.2, 0) is 15.9 Å². The molecule has 114 valence electrons. The van der Waals surface area contributed by atoms with E-state index in [4.69, 9.17) is 11.6 Å². The van der Waals surface area contributed by atoms with E-state index in [2.05, 4.69) is 15.9 Å². The molecule has 3 nitrogen and oxygen atoms in total. The molecule has 0 saturated carbocycles. The van der Waals surface area contributed by atoms with E-state index in [1.807, 2.05) is 13.8 Å². The van der Waals surface area contributed by atoms with Gasteiger partial charge in [-0.05, 0) is 25.0 Å². The lowest BCUT2D eigenvalue weighted by atomic mass is 10.2. The van der Waals surface area contributed by atoms with Crippen LogP contribution in [-0.4, -0.2) is 25.8 Å². The molecule has 1 aromatic rings. The monoisotopic (exact) mass is 385 g/mol. The zero-order valence-electron chi connectivity index (χ0n) is 11.5. The number of sulfonamides is 1. The molecule has 0 unspecified atom stereocenters. The summed E-state index contributed by atoms with van der Waals surface area (Å²) in [4.78, 5) is -0.315. The van der Waals surface area contributed by atoms with Crippen LogP contribution in [0.25, 0.3) is 0 Å². The van der Waals surface area contributed by atoms with Crippen molar-refractivity contribution in [1.29, 1.82) is 0 Å². The average molecular weight is 387 g/mol. The van der Waals surface area contributed by atoms with Crippen molar-refractivity contribution in [3.8, 4) is 0 Å². The highest BCUT2D eigenvalue weighted by molar-refractivity contribution is 9.10. The van der Waals surface area contributed by atoms with Crippen LogP contribution in [0.1, 0.15) is 32.3 Å². The molecule has 1 rings (SSSR count). The van der Waals surface area contributed by atoms with Crippen LogP contribution in [0, 0.1) is 5.82 Å². The summed E-state index contributed by atoms with van der Waals surface area (Å²) in [7, 11) is -3.84. The van der Waals surface area contributed by atoms with Crippen LogP contribution in [0.4, 0.5) is 4.39 Å². The minimum absolute atomic E-state index is 0.0741. The van der Waals surface area contributed by atoms with E-state index >= 15 is 0 Å². The molecule has 0 radical (unpaired) electrons. The fourth-order valence-corrected chi connectivity index (χ4v) is 4.50. The minimum Gasteiger partial charge on any atom is -0.207 e. The van der Waals surface area contributed by atoms with Crippen molar-refractivity contribution < 1.29 is 12.8 Å². The molecular weight excluding hydrogens is 369 g/mol. The number of hydrogen-bond donors (Lipinski definition) is 0. The molecule has 0 atom stereocenters. The fraction of sp³-hybridized carbons (Fsp3) is 0.538. The summed E-state index contributed by atoms with van der Waals surface area (Å²) < 4.78 is 41.2. The second kappa shape index (κ2) is 7.73. The summed E-state index contributed by atoms with van der Waals surface area (Å²) in [6.45, 7) is 4.52. The predicted molar refractivity (Wildman–Crippen MR) is 83.0 cm³/mol. The molecule has 7 heteroatoms. The van der Waals surface area contributed by atoms with Gasteiger partial charge in [0.2, 0.25) is 10.0 Å². The van der Waals surface area contributed by atoms with Crippen molar-refractivity contribution in [2.45, 2.75) is 37.5 Å². The lowest BCUT2D eigenvalue weighted by molar-refractivity contribution is 0.406. The lowest BCUT2D eigenvalue weighted by Gasteiger charge is -2.22. The molecule has 0 amide bonds. The molecule has 0 aliphatic heterocycles. The molecule has 0 aromatic heterocycles. The van der Waals surface area contributed by atoms with Crippen molar-refractivity contribution in [2.75, 3.05) is 13.1 Å². The van der Waals surface area contributed by atoms with Gasteiger partial charge in [-0.3, -0.25) is 0 Å². The first-order chi connectivity index (χ1) is 9.38. The number of rotatable bonds is 7. The Bertz CT molecular complexity index is 560. The predicted octanol–water partition coefficient (Wildman–Crippen LogP) is 4.14. The smallest absolute Gasteiger partial charge is 0.207 e. The van der Waals surface area contributed by atoms with Crippen molar-refractivity contribution >= 4 is 37.6 Å². The maximum Gasteiger partial charge on any atom is 0.246 e. The van der Waals surface area contributed by atoms with Gasteiger partial charge >= 0.3 is 0 Å². The molecular formula is C13H18BrClFNO2S. The number of alkyl halides is 1. The minimum atomic E-state index is -3.84. The summed E-state index contributed by atoms with van der Waals surface area (Å²) in [5.41, 5.74) is 0.174. The van der Waals surface area contributed by atoms with E-state index in [0.717, 1.165) is 0 Å². The van der Waals surface area contributed by atoms with Gasteiger partial charge in [-0.15, -0.1) is 11.6 Å². The third-order valence-corrected chi connectivity index (χ3v) is 5.43. The van der Waals surface area contributed by atoms with Gasteiger partial charge < -0.3 is 0 Å². The van der Waals surface area contributed by atoms with Crippen molar-refractivity contribution in [3.05, 3.63) is 28.0 Å². The van der Waals surface area contributed by atoms with E-state index in [-0.39, 0.29) is 16.3 Å². The summed E-state index contributed by atoms with van der Waals surface area (Å²) in [6, 6.07) is 2.78. The molecule has 0 bridgehead atoms. The quantitative estimate of drug-likeness (QED) is 0.661. The van der Waals surface area contributed by atoms with Gasteiger partial charge in [-0.2, -0.15) is 4.31 Å². The van der Waals surface area contributed by atoms with Crippen molar-refractivity contribution in [2.24, 2.45) is 0 Å². The Kier molecular flexibility index (Phi) is 6.91. The molecule has 1 aromatic carbocycles. The van der Waals surface area contributed by atoms with Crippen LogP contribution in [0.2, 0.25) is 0 Å². The summed E-state index contributed by atoms with van der Waals surface area (Å²) in [5.74, 6) is -0.838. The molecule has 0 N–H and O–H groups in total. The zero-order valence-corrected chi connectivity index (χ0v) is 14.7. The number of hydrogen-bond acceptors (Lipinski definition) is 2. The van der Waals surface area contributed by atoms with Gasteiger partial charge in [-0.1, -0.05) is 29.8 Å². The third kappa shape index (κ3) is 3.93. The first-order valence-corrected chi connectivity index (χ1v) is 9.19. The molecule has 0 aliphatic rings. The van der Waals surface area contributed by atoms with Gasteiger partial charge in [0, 0.05) is 23.1 Å². The highest BCUT2D eigenvalue weighted by atomic mass is 79.9. The number of benzene rings is 1. The Morgan fingerprint density at radius 3 is 2.25 bits per heavy atom. The average Bonchev–Trinajstić information content (AvgIpc) is 2.40. The van der Waals surface area contributed by atoms with Crippen LogP contribution < -0.4 is 0 Å². The van der Waals surface area contributed by atoms with Crippen LogP contribution in [0.15, 0.2) is 21.5 Å². The largest absolute Gasteiger partial charge is 0.246 e. The van der Waals surface area contributed by atoms with Crippen LogP contribution >= 0.6 is 27.5 Å². The number of halogens is 3. The fourth-order valence-electron chi connectivity index (χ4n) is 1.89. The lowest BCUT2D eigenvalue weighted by Crippen LogP contribution is -2.33. The zero-order chi connectivity index (χ0) is 15.3. The molecule has 0 saturated heterocycles. The molecule has 0 fully saturated rings. The normalized spacial score (nSPS) is 12.1. The van der Waals surface area contributed by atoms with Gasteiger partial charge in [0.05, 0.1) is 5.88 Å². The van der Waals surface area contributed by atoms with Gasteiger partial charge in [0.15, 0.2) is 0 Å². The summed E-state index contributed by atoms with van der Waals surface area (Å²) in [5, 5.41) is 0. The summed E-state index contributed by atoms with van der Waals surface area (Å²) >= 11 is 8.86. The molecule has 0 heterocycles. The first kappa shape index (κ1) is 17.9. The van der Waals surface area contributed by atoms with E-state index in [0.29, 0.717) is 30.4 Å². The Morgan fingerprint density at radius 1 is 1.25 bits per heavy atom. The third-order valence-electron chi connectivity index (χ3n) is 2.79. The molecule has 20 heavy (non-hydrogen) atoms. The van der Waals surface area contributed by atoms with Crippen molar-refractivity contribution in [1.82, 2.24) is 4.31 Å². The van der Waals surface area contributed by atoms with Gasteiger partial charge in [0.1, 0.15) is 10.7 Å². The Morgan fingerprint density at radius 2 is 1.80 bits per heavy atom. The van der Waals surface area contributed by atoms with Crippen molar-refractivity contribution in [3.63, 3.8) is 0 Å². The molecule has 0 spiro atoms. The number of nitrogens with zero attached hydrogens (tertiary/aromatic N) is 1. The maximum atomic E-state index is 14.3. The highest BCUT2D eigenvalue weighted by Gasteiger charge is 2.28. The second-order valence-corrected chi connectivity index (χ2v) is 7.50. The van der Waals surface area contributed by atoms with E-state index in [9.17, 15) is 12.8 Å². The topological polar surface area (TPSA) is 37.4 Å². The van der Waals surface area contributed by atoms with Gasteiger partial charge in [-0.25, -0.2) is 12.8 Å². The van der Waals surface area contributed by atoms with Crippen LogP contribution in [0.5, 0.6) is 0 Å². The summed E-state index contributed by atoms with van der Waals surface area (Å²) in [6.07, 6.45) is 1.36. The Hall–Kier alpha value is -0.170. The van der Waals surface area contributed by atoms with E-state index in [1.165, 1.54) is 16.4 Å².